The molecule has 1 aromatic carbocycles. The number of rotatable bonds is 3. The molecule has 2 aromatic rings. The van der Waals surface area contributed by atoms with Crippen molar-refractivity contribution >= 4 is 10.9 Å². The average Bonchev–Trinajstić information content (AvgIpc) is 2.82. The molecule has 1 aliphatic rings. The minimum atomic E-state index is -0.589. The Kier molecular flexibility index (Phi) is 3.50. The molecule has 2 heterocycles. The number of aliphatic hydroxyl groups is 1. The summed E-state index contributed by atoms with van der Waals surface area (Å²) in [6.45, 7) is 4.37. The van der Waals surface area contributed by atoms with Crippen LogP contribution >= 0.6 is 0 Å². The van der Waals surface area contributed by atoms with Crippen LogP contribution < -0.4 is 5.32 Å². The summed E-state index contributed by atoms with van der Waals surface area (Å²) in [5.74, 6) is -0.275. The Morgan fingerprint density at radius 1 is 1.32 bits per heavy atom. The number of β-amino-alcohol motifs (C(OH)–C–C–N with tert-alkyl or cyclic N) is 1. The molecule has 1 unspecified atom stereocenters. The Morgan fingerprint density at radius 2 is 2.11 bits per heavy atom. The minimum Gasteiger partial charge on any atom is -0.387 e. The Hall–Kier alpha value is -1.43. The van der Waals surface area contributed by atoms with Crippen molar-refractivity contribution in [2.45, 2.75) is 6.10 Å². The molecule has 3 rings (SSSR count). The summed E-state index contributed by atoms with van der Waals surface area (Å²) in [5.41, 5.74) is 1.63. The lowest BCUT2D eigenvalue weighted by Gasteiger charge is -2.29. The lowest BCUT2D eigenvalue weighted by Crippen LogP contribution is -2.44. The molecular formula is C14H18FN3O. The molecule has 19 heavy (non-hydrogen) atoms. The quantitative estimate of drug-likeness (QED) is 0.781. The summed E-state index contributed by atoms with van der Waals surface area (Å²) in [4.78, 5) is 5.30. The van der Waals surface area contributed by atoms with Gasteiger partial charge in [0, 0.05) is 55.4 Å². The monoisotopic (exact) mass is 263 g/mol. The van der Waals surface area contributed by atoms with Crippen LogP contribution in [-0.2, 0) is 0 Å². The van der Waals surface area contributed by atoms with Gasteiger partial charge in [-0.3, -0.25) is 4.90 Å². The Balaban J connectivity index is 1.80. The number of aromatic amines is 1. The van der Waals surface area contributed by atoms with Gasteiger partial charge >= 0.3 is 0 Å². The van der Waals surface area contributed by atoms with Crippen molar-refractivity contribution in [3.8, 4) is 0 Å². The summed E-state index contributed by atoms with van der Waals surface area (Å²) >= 11 is 0. The van der Waals surface area contributed by atoms with Gasteiger partial charge < -0.3 is 15.4 Å². The Labute approximate surface area is 111 Å². The van der Waals surface area contributed by atoms with Gasteiger partial charge in [-0.1, -0.05) is 0 Å². The van der Waals surface area contributed by atoms with Gasteiger partial charge in [0.1, 0.15) is 5.82 Å². The topological polar surface area (TPSA) is 51.3 Å². The van der Waals surface area contributed by atoms with Gasteiger partial charge in [-0.05, 0) is 18.2 Å². The molecule has 3 N–H and O–H groups in total. The van der Waals surface area contributed by atoms with Gasteiger partial charge in [0.25, 0.3) is 0 Å². The maximum Gasteiger partial charge on any atom is 0.123 e. The van der Waals surface area contributed by atoms with Gasteiger partial charge in [-0.2, -0.15) is 0 Å². The van der Waals surface area contributed by atoms with E-state index in [1.54, 1.807) is 12.3 Å². The number of nitrogens with one attached hydrogen (secondary N) is 2. The van der Waals surface area contributed by atoms with E-state index in [0.717, 1.165) is 42.6 Å². The predicted octanol–water partition coefficient (Wildman–Crippen LogP) is 1.25. The highest BCUT2D eigenvalue weighted by molar-refractivity contribution is 5.83. The largest absolute Gasteiger partial charge is 0.387 e. The van der Waals surface area contributed by atoms with Crippen LogP contribution in [0.3, 0.4) is 0 Å². The molecule has 0 radical (unpaired) electrons. The third-order valence-corrected chi connectivity index (χ3v) is 3.68. The van der Waals surface area contributed by atoms with E-state index < -0.39 is 6.10 Å². The normalized spacial score (nSPS) is 18.8. The molecule has 0 bridgehead atoms. The summed E-state index contributed by atoms with van der Waals surface area (Å²) in [6, 6.07) is 4.60. The SMILES string of the molecule is OC(CN1CCNCC1)c1c[nH]c2ccc(F)cc12. The van der Waals surface area contributed by atoms with Crippen LogP contribution in [0.15, 0.2) is 24.4 Å². The Bertz CT molecular complexity index is 563. The zero-order valence-electron chi connectivity index (χ0n) is 10.7. The average molecular weight is 263 g/mol. The van der Waals surface area contributed by atoms with Gasteiger partial charge in [-0.25, -0.2) is 4.39 Å². The molecule has 1 saturated heterocycles. The number of hydrogen-bond donors (Lipinski definition) is 3. The molecule has 102 valence electrons. The summed E-state index contributed by atoms with van der Waals surface area (Å²) in [5, 5.41) is 14.4. The summed E-state index contributed by atoms with van der Waals surface area (Å²) < 4.78 is 13.3. The number of hydrogen-bond acceptors (Lipinski definition) is 3. The third kappa shape index (κ3) is 2.63. The summed E-state index contributed by atoms with van der Waals surface area (Å²) in [6.07, 6.45) is 1.19. The molecule has 5 heteroatoms. The molecule has 1 aliphatic heterocycles. The van der Waals surface area contributed by atoms with E-state index in [9.17, 15) is 9.50 Å². The van der Waals surface area contributed by atoms with Crippen molar-refractivity contribution < 1.29 is 9.50 Å². The van der Waals surface area contributed by atoms with E-state index in [-0.39, 0.29) is 5.82 Å². The van der Waals surface area contributed by atoms with E-state index in [0.29, 0.717) is 6.54 Å². The van der Waals surface area contributed by atoms with Crippen LogP contribution in [0.1, 0.15) is 11.7 Å². The first-order valence-corrected chi connectivity index (χ1v) is 6.62. The molecule has 1 aromatic heterocycles. The first-order chi connectivity index (χ1) is 9.24. The van der Waals surface area contributed by atoms with Crippen LogP contribution in [0.5, 0.6) is 0 Å². The molecule has 0 aliphatic carbocycles. The lowest BCUT2D eigenvalue weighted by molar-refractivity contribution is 0.106. The highest BCUT2D eigenvalue weighted by Gasteiger charge is 2.18. The van der Waals surface area contributed by atoms with Crippen LogP contribution in [0.4, 0.5) is 4.39 Å². The van der Waals surface area contributed by atoms with E-state index in [2.05, 4.69) is 15.2 Å². The zero-order chi connectivity index (χ0) is 13.2. The van der Waals surface area contributed by atoms with E-state index in [1.165, 1.54) is 12.1 Å². The molecule has 4 nitrogen and oxygen atoms in total. The molecule has 0 saturated carbocycles. The molecule has 0 amide bonds. The lowest BCUT2D eigenvalue weighted by atomic mass is 10.1. The molecular weight excluding hydrogens is 245 g/mol. The van der Waals surface area contributed by atoms with Crippen LogP contribution in [-0.4, -0.2) is 47.7 Å². The van der Waals surface area contributed by atoms with E-state index >= 15 is 0 Å². The van der Waals surface area contributed by atoms with Crippen molar-refractivity contribution in [3.05, 3.63) is 35.8 Å². The number of halogens is 1. The zero-order valence-corrected chi connectivity index (χ0v) is 10.7. The molecule has 0 spiro atoms. The second-order valence-electron chi connectivity index (χ2n) is 5.00. The predicted molar refractivity (Wildman–Crippen MR) is 72.5 cm³/mol. The maximum atomic E-state index is 13.3. The number of aromatic nitrogens is 1. The van der Waals surface area contributed by atoms with Gasteiger partial charge in [0.15, 0.2) is 0 Å². The fourth-order valence-electron chi connectivity index (χ4n) is 2.63. The smallest absolute Gasteiger partial charge is 0.123 e. The van der Waals surface area contributed by atoms with Gasteiger partial charge in [-0.15, -0.1) is 0 Å². The number of fused-ring (bicyclic) bond motifs is 1. The van der Waals surface area contributed by atoms with Crippen molar-refractivity contribution in [3.63, 3.8) is 0 Å². The van der Waals surface area contributed by atoms with E-state index in [1.807, 2.05) is 0 Å². The number of piperazine rings is 1. The maximum absolute atomic E-state index is 13.3. The second kappa shape index (κ2) is 5.28. The number of H-pyrrole nitrogens is 1. The molecule has 1 atom stereocenters. The first-order valence-electron chi connectivity index (χ1n) is 6.62. The van der Waals surface area contributed by atoms with Gasteiger partial charge in [0.05, 0.1) is 6.10 Å². The second-order valence-corrected chi connectivity index (χ2v) is 5.00. The van der Waals surface area contributed by atoms with Crippen LogP contribution in [0.2, 0.25) is 0 Å². The van der Waals surface area contributed by atoms with Crippen molar-refractivity contribution in [1.82, 2.24) is 15.2 Å². The van der Waals surface area contributed by atoms with Crippen LogP contribution in [0, 0.1) is 5.82 Å². The summed E-state index contributed by atoms with van der Waals surface area (Å²) in [7, 11) is 0. The van der Waals surface area contributed by atoms with Crippen molar-refractivity contribution in [2.24, 2.45) is 0 Å². The number of aliphatic hydroxyl groups excluding tert-OH is 1. The van der Waals surface area contributed by atoms with Crippen LogP contribution in [0.25, 0.3) is 10.9 Å². The fraction of sp³-hybridized carbons (Fsp3) is 0.429. The van der Waals surface area contributed by atoms with Gasteiger partial charge in [0.2, 0.25) is 0 Å². The van der Waals surface area contributed by atoms with Crippen molar-refractivity contribution in [2.75, 3.05) is 32.7 Å². The first kappa shape index (κ1) is 12.6. The fourth-order valence-corrected chi connectivity index (χ4v) is 2.63. The molecule has 1 fully saturated rings. The number of benzene rings is 1. The third-order valence-electron chi connectivity index (χ3n) is 3.68. The standard InChI is InChI=1S/C14H18FN3O/c15-10-1-2-13-11(7-10)12(8-17-13)14(19)9-18-5-3-16-4-6-18/h1-2,7-8,14,16-17,19H,3-6,9H2. The number of nitrogens with zero attached hydrogens (tertiary/aromatic N) is 1. The highest BCUT2D eigenvalue weighted by atomic mass is 19.1. The van der Waals surface area contributed by atoms with E-state index in [4.69, 9.17) is 0 Å². The minimum absolute atomic E-state index is 0.275. The highest BCUT2D eigenvalue weighted by Crippen LogP contribution is 2.25. The Morgan fingerprint density at radius 3 is 2.89 bits per heavy atom. The van der Waals surface area contributed by atoms with Crippen molar-refractivity contribution in [1.29, 1.82) is 0 Å².